The number of hydrogen-bond acceptors (Lipinski definition) is 2. The largest absolute Gasteiger partial charge is 0.367 e. The lowest BCUT2D eigenvalue weighted by Crippen LogP contribution is -2.48. The van der Waals surface area contributed by atoms with Crippen molar-refractivity contribution >= 4 is 11.6 Å². The van der Waals surface area contributed by atoms with Gasteiger partial charge >= 0.3 is 0 Å². The van der Waals surface area contributed by atoms with Gasteiger partial charge in [0.15, 0.2) is 0 Å². The van der Waals surface area contributed by atoms with Gasteiger partial charge in [0.1, 0.15) is 17.2 Å². The van der Waals surface area contributed by atoms with Gasteiger partial charge in [-0.25, -0.2) is 8.78 Å². The highest BCUT2D eigenvalue weighted by molar-refractivity contribution is 5.89. The van der Waals surface area contributed by atoms with Crippen molar-refractivity contribution < 1.29 is 13.6 Å². The van der Waals surface area contributed by atoms with Crippen molar-refractivity contribution in [3.8, 4) is 0 Å². The molecule has 0 saturated carbocycles. The lowest BCUT2D eigenvalue weighted by molar-refractivity contribution is -0.122. The Labute approximate surface area is 121 Å². The van der Waals surface area contributed by atoms with Crippen LogP contribution in [0.25, 0.3) is 0 Å². The lowest BCUT2D eigenvalue weighted by Gasteiger charge is -2.32. The molecule has 2 aromatic rings. The lowest BCUT2D eigenvalue weighted by atomic mass is 9.85. The SMILES string of the molecule is CCC(Nc1ccccc1F)(C(N)=O)c1ccccc1F. The Morgan fingerprint density at radius 3 is 2.19 bits per heavy atom. The zero-order valence-corrected chi connectivity index (χ0v) is 11.6. The molecule has 0 fully saturated rings. The van der Waals surface area contributed by atoms with E-state index < -0.39 is 23.1 Å². The summed E-state index contributed by atoms with van der Waals surface area (Å²) in [6, 6.07) is 11.7. The van der Waals surface area contributed by atoms with Crippen LogP contribution in [0.4, 0.5) is 14.5 Å². The second-order valence-electron chi connectivity index (χ2n) is 4.71. The van der Waals surface area contributed by atoms with E-state index in [0.717, 1.165) is 0 Å². The van der Waals surface area contributed by atoms with E-state index in [1.807, 2.05) is 0 Å². The number of hydrogen-bond donors (Lipinski definition) is 2. The minimum atomic E-state index is -1.51. The highest BCUT2D eigenvalue weighted by atomic mass is 19.1. The zero-order valence-electron chi connectivity index (χ0n) is 11.6. The maximum atomic E-state index is 14.1. The fourth-order valence-corrected chi connectivity index (χ4v) is 2.31. The number of carbonyl (C=O) groups is 1. The van der Waals surface area contributed by atoms with Crippen LogP contribution in [0.2, 0.25) is 0 Å². The molecular formula is C16H16F2N2O. The van der Waals surface area contributed by atoms with Gasteiger partial charge < -0.3 is 11.1 Å². The molecule has 0 aliphatic rings. The van der Waals surface area contributed by atoms with Crippen LogP contribution in [-0.4, -0.2) is 5.91 Å². The van der Waals surface area contributed by atoms with Crippen molar-refractivity contribution in [2.45, 2.75) is 18.9 Å². The Morgan fingerprint density at radius 1 is 1.10 bits per heavy atom. The minimum absolute atomic E-state index is 0.0985. The summed E-state index contributed by atoms with van der Waals surface area (Å²) >= 11 is 0. The van der Waals surface area contributed by atoms with Crippen molar-refractivity contribution in [2.75, 3.05) is 5.32 Å². The minimum Gasteiger partial charge on any atom is -0.367 e. The second kappa shape index (κ2) is 5.91. The Kier molecular flexibility index (Phi) is 4.21. The number of nitrogens with two attached hydrogens (primary N) is 1. The molecule has 21 heavy (non-hydrogen) atoms. The number of para-hydroxylation sites is 1. The molecule has 110 valence electrons. The fraction of sp³-hybridized carbons (Fsp3) is 0.188. The molecule has 0 radical (unpaired) electrons. The average molecular weight is 290 g/mol. The Bertz CT molecular complexity index is 660. The summed E-state index contributed by atoms with van der Waals surface area (Å²) in [6.07, 6.45) is 0.178. The topological polar surface area (TPSA) is 55.1 Å². The van der Waals surface area contributed by atoms with Gasteiger partial charge in [-0.3, -0.25) is 4.79 Å². The first-order valence-corrected chi connectivity index (χ1v) is 6.59. The van der Waals surface area contributed by atoms with E-state index in [4.69, 9.17) is 5.73 Å². The summed E-state index contributed by atoms with van der Waals surface area (Å²) in [5, 5.41) is 2.78. The second-order valence-corrected chi connectivity index (χ2v) is 4.71. The summed E-state index contributed by atoms with van der Waals surface area (Å²) in [4.78, 5) is 12.0. The van der Waals surface area contributed by atoms with Crippen molar-refractivity contribution in [2.24, 2.45) is 5.73 Å². The van der Waals surface area contributed by atoms with Crippen molar-refractivity contribution in [1.82, 2.24) is 0 Å². The molecule has 1 amide bonds. The van der Waals surface area contributed by atoms with Gasteiger partial charge in [-0.2, -0.15) is 0 Å². The number of primary amides is 1. The normalized spacial score (nSPS) is 13.5. The van der Waals surface area contributed by atoms with E-state index in [1.165, 1.54) is 36.4 Å². The molecule has 5 heteroatoms. The Morgan fingerprint density at radius 2 is 1.67 bits per heavy atom. The van der Waals surface area contributed by atoms with Crippen LogP contribution in [0.5, 0.6) is 0 Å². The molecule has 0 aliphatic heterocycles. The number of amides is 1. The van der Waals surface area contributed by atoms with Gasteiger partial charge in [-0.1, -0.05) is 37.3 Å². The van der Waals surface area contributed by atoms with Gasteiger partial charge in [0.2, 0.25) is 5.91 Å². The number of benzene rings is 2. The van der Waals surface area contributed by atoms with E-state index in [-0.39, 0.29) is 17.7 Å². The Hall–Kier alpha value is -2.43. The van der Waals surface area contributed by atoms with E-state index in [9.17, 15) is 13.6 Å². The van der Waals surface area contributed by atoms with Crippen LogP contribution in [0.3, 0.4) is 0 Å². The number of rotatable bonds is 5. The van der Waals surface area contributed by atoms with E-state index in [0.29, 0.717) is 0 Å². The number of anilines is 1. The third kappa shape index (κ3) is 2.72. The molecule has 0 spiro atoms. The highest BCUT2D eigenvalue weighted by Gasteiger charge is 2.39. The third-order valence-electron chi connectivity index (χ3n) is 3.51. The summed E-state index contributed by atoms with van der Waals surface area (Å²) < 4.78 is 27.9. The first-order valence-electron chi connectivity index (χ1n) is 6.59. The van der Waals surface area contributed by atoms with Crippen LogP contribution in [-0.2, 0) is 10.3 Å². The molecule has 0 heterocycles. The van der Waals surface area contributed by atoms with Gasteiger partial charge in [-0.15, -0.1) is 0 Å². The van der Waals surface area contributed by atoms with Crippen LogP contribution >= 0.6 is 0 Å². The first-order chi connectivity index (χ1) is 10.0. The molecule has 0 aromatic heterocycles. The molecule has 3 nitrogen and oxygen atoms in total. The molecule has 1 unspecified atom stereocenters. The molecule has 1 atom stereocenters. The molecule has 3 N–H and O–H groups in total. The predicted octanol–water partition coefficient (Wildman–Crippen LogP) is 3.17. The molecular weight excluding hydrogens is 274 g/mol. The van der Waals surface area contributed by atoms with Gasteiger partial charge in [0.25, 0.3) is 0 Å². The quantitative estimate of drug-likeness (QED) is 0.888. The number of halogens is 2. The highest BCUT2D eigenvalue weighted by Crippen LogP contribution is 2.32. The predicted molar refractivity (Wildman–Crippen MR) is 77.6 cm³/mol. The average Bonchev–Trinajstić information content (AvgIpc) is 2.47. The maximum absolute atomic E-state index is 14.1. The van der Waals surface area contributed by atoms with Crippen molar-refractivity contribution in [1.29, 1.82) is 0 Å². The van der Waals surface area contributed by atoms with Crippen LogP contribution in [0, 0.1) is 11.6 Å². The smallest absolute Gasteiger partial charge is 0.247 e. The van der Waals surface area contributed by atoms with Crippen LogP contribution in [0.15, 0.2) is 48.5 Å². The third-order valence-corrected chi connectivity index (χ3v) is 3.51. The monoisotopic (exact) mass is 290 g/mol. The van der Waals surface area contributed by atoms with Crippen LogP contribution in [0.1, 0.15) is 18.9 Å². The first kappa shape index (κ1) is 15.0. The fourth-order valence-electron chi connectivity index (χ4n) is 2.31. The molecule has 0 bridgehead atoms. The van der Waals surface area contributed by atoms with Crippen molar-refractivity contribution in [3.63, 3.8) is 0 Å². The van der Waals surface area contributed by atoms with E-state index in [1.54, 1.807) is 19.1 Å². The standard InChI is InChI=1S/C16H16F2N2O/c1-2-16(15(19)21,11-7-3-4-8-12(11)17)20-14-10-6-5-9-13(14)18/h3-10,20H,2H2,1H3,(H2,19,21). The Balaban J connectivity index is 2.56. The summed E-state index contributed by atoms with van der Waals surface area (Å²) in [5.41, 5.74) is 4.18. The van der Waals surface area contributed by atoms with E-state index in [2.05, 4.69) is 5.32 Å². The summed E-state index contributed by atoms with van der Waals surface area (Å²) in [5.74, 6) is -1.87. The van der Waals surface area contributed by atoms with Gasteiger partial charge in [0.05, 0.1) is 5.69 Å². The molecule has 0 saturated heterocycles. The van der Waals surface area contributed by atoms with Crippen LogP contribution < -0.4 is 11.1 Å². The molecule has 0 aliphatic carbocycles. The zero-order chi connectivity index (χ0) is 15.5. The van der Waals surface area contributed by atoms with Gasteiger partial charge in [-0.05, 0) is 24.6 Å². The number of carbonyl (C=O) groups excluding carboxylic acids is 1. The summed E-state index contributed by atoms with van der Waals surface area (Å²) in [7, 11) is 0. The summed E-state index contributed by atoms with van der Waals surface area (Å²) in [6.45, 7) is 1.69. The molecule has 2 aromatic carbocycles. The van der Waals surface area contributed by atoms with E-state index >= 15 is 0 Å². The molecule has 2 rings (SSSR count). The maximum Gasteiger partial charge on any atom is 0.247 e. The number of nitrogens with one attached hydrogen (secondary N) is 1. The van der Waals surface area contributed by atoms with Gasteiger partial charge in [0, 0.05) is 5.56 Å². The van der Waals surface area contributed by atoms with Crippen molar-refractivity contribution in [3.05, 3.63) is 65.7 Å².